The number of aliphatic hydroxyl groups excluding tert-OH is 1. The number of unbranched alkanes of at least 4 members (excludes halogenated alkanes) is 1. The second-order valence-electron chi connectivity index (χ2n) is 2.40. The molecule has 0 aliphatic rings. The first-order valence-electron chi connectivity index (χ1n) is 3.92. The Morgan fingerprint density at radius 1 is 1.60 bits per heavy atom. The van der Waals surface area contributed by atoms with E-state index in [0.29, 0.717) is 13.0 Å². The van der Waals surface area contributed by atoms with Crippen molar-refractivity contribution >= 4 is 0 Å². The van der Waals surface area contributed by atoms with E-state index >= 15 is 0 Å². The molecule has 0 saturated heterocycles. The summed E-state index contributed by atoms with van der Waals surface area (Å²) in [6.07, 6.45) is 2.50. The molecule has 0 rings (SSSR count). The lowest BCUT2D eigenvalue weighted by Gasteiger charge is -2.09. The molecule has 0 bridgehead atoms. The molecule has 0 aromatic carbocycles. The molecule has 0 aromatic heterocycles. The zero-order valence-electron chi connectivity index (χ0n) is 6.64. The normalized spacial score (nSPS) is 13.5. The molecule has 3 nitrogen and oxygen atoms in total. The number of nitrogens with two attached hydrogens (primary N) is 1. The van der Waals surface area contributed by atoms with Crippen LogP contribution >= 0.6 is 0 Å². The van der Waals surface area contributed by atoms with Crippen molar-refractivity contribution < 1.29 is 5.11 Å². The molecule has 0 aliphatic heterocycles. The molecule has 3 heteroatoms. The summed E-state index contributed by atoms with van der Waals surface area (Å²) >= 11 is 0. The Balaban J connectivity index is 2.97. The molecule has 62 valence electrons. The van der Waals surface area contributed by atoms with Crippen molar-refractivity contribution in [1.29, 1.82) is 0 Å². The summed E-state index contributed by atoms with van der Waals surface area (Å²) in [5.74, 6) is 0. The van der Waals surface area contributed by atoms with Gasteiger partial charge in [-0.2, -0.15) is 0 Å². The maximum absolute atomic E-state index is 9.08. The highest BCUT2D eigenvalue weighted by molar-refractivity contribution is 4.53. The van der Waals surface area contributed by atoms with E-state index in [0.717, 1.165) is 19.4 Å². The smallest absolute Gasteiger partial charge is 0.106 e. The van der Waals surface area contributed by atoms with E-state index in [9.17, 15) is 0 Å². The van der Waals surface area contributed by atoms with Gasteiger partial charge in [0.15, 0.2) is 0 Å². The van der Waals surface area contributed by atoms with Crippen LogP contribution in [0.25, 0.3) is 0 Å². The van der Waals surface area contributed by atoms with Gasteiger partial charge in [-0.15, -0.1) is 0 Å². The van der Waals surface area contributed by atoms with E-state index in [-0.39, 0.29) is 0 Å². The van der Waals surface area contributed by atoms with Gasteiger partial charge in [0.1, 0.15) is 6.23 Å². The number of aliphatic hydroxyl groups is 1. The largest absolute Gasteiger partial charge is 0.379 e. The first-order chi connectivity index (χ1) is 4.81. The first kappa shape index (κ1) is 9.88. The molecule has 0 amide bonds. The molecule has 0 spiro atoms. The molecule has 0 aliphatic carbocycles. The second-order valence-corrected chi connectivity index (χ2v) is 2.40. The second kappa shape index (κ2) is 6.99. The summed E-state index contributed by atoms with van der Waals surface area (Å²) in [4.78, 5) is 0. The summed E-state index contributed by atoms with van der Waals surface area (Å²) in [6, 6.07) is 0. The highest BCUT2D eigenvalue weighted by Gasteiger charge is 1.98. The Hall–Kier alpha value is -0.120. The van der Waals surface area contributed by atoms with Crippen LogP contribution in [0.2, 0.25) is 0 Å². The fraction of sp³-hybridized carbons (Fsp3) is 1.00. The quantitative estimate of drug-likeness (QED) is 0.366. The van der Waals surface area contributed by atoms with Gasteiger partial charge in [0.05, 0.1) is 0 Å². The van der Waals surface area contributed by atoms with Crippen molar-refractivity contribution in [2.75, 3.05) is 13.1 Å². The van der Waals surface area contributed by atoms with Crippen LogP contribution in [-0.4, -0.2) is 24.4 Å². The van der Waals surface area contributed by atoms with Gasteiger partial charge in [-0.05, 0) is 25.9 Å². The SMILES string of the molecule is CCCCNC(O)CCN. The van der Waals surface area contributed by atoms with Gasteiger partial charge in [0.2, 0.25) is 0 Å². The predicted molar refractivity (Wildman–Crippen MR) is 42.6 cm³/mol. The van der Waals surface area contributed by atoms with Crippen molar-refractivity contribution in [1.82, 2.24) is 5.32 Å². The lowest BCUT2D eigenvalue weighted by molar-refractivity contribution is 0.130. The summed E-state index contributed by atoms with van der Waals surface area (Å²) in [6.45, 7) is 3.55. The number of rotatable bonds is 6. The van der Waals surface area contributed by atoms with Gasteiger partial charge in [-0.1, -0.05) is 13.3 Å². The van der Waals surface area contributed by atoms with E-state index < -0.39 is 6.23 Å². The van der Waals surface area contributed by atoms with Crippen LogP contribution in [0, 0.1) is 0 Å². The van der Waals surface area contributed by atoms with Crippen molar-refractivity contribution in [3.05, 3.63) is 0 Å². The highest BCUT2D eigenvalue weighted by Crippen LogP contribution is 1.86. The third-order valence-electron chi connectivity index (χ3n) is 1.35. The molecule has 10 heavy (non-hydrogen) atoms. The first-order valence-corrected chi connectivity index (χ1v) is 3.92. The van der Waals surface area contributed by atoms with Gasteiger partial charge in [-0.3, -0.25) is 5.32 Å². The molecule has 0 aromatic rings. The average molecular weight is 146 g/mol. The van der Waals surface area contributed by atoms with E-state index in [1.807, 2.05) is 0 Å². The van der Waals surface area contributed by atoms with Crippen LogP contribution in [-0.2, 0) is 0 Å². The molecule has 0 saturated carbocycles. The third kappa shape index (κ3) is 6.01. The van der Waals surface area contributed by atoms with Crippen LogP contribution in [0.3, 0.4) is 0 Å². The maximum atomic E-state index is 9.08. The van der Waals surface area contributed by atoms with E-state index in [1.54, 1.807) is 0 Å². The Kier molecular flexibility index (Phi) is 6.91. The molecule has 1 atom stereocenters. The Morgan fingerprint density at radius 2 is 2.30 bits per heavy atom. The van der Waals surface area contributed by atoms with Crippen LogP contribution in [0.5, 0.6) is 0 Å². The van der Waals surface area contributed by atoms with Crippen LogP contribution < -0.4 is 11.1 Å². The highest BCUT2D eigenvalue weighted by atomic mass is 16.3. The summed E-state index contributed by atoms with van der Waals surface area (Å²) in [5.41, 5.74) is 5.23. The summed E-state index contributed by atoms with van der Waals surface area (Å²) in [7, 11) is 0. The van der Waals surface area contributed by atoms with Gasteiger partial charge in [-0.25, -0.2) is 0 Å². The van der Waals surface area contributed by atoms with Crippen molar-refractivity contribution in [2.24, 2.45) is 5.73 Å². The van der Waals surface area contributed by atoms with Crippen molar-refractivity contribution in [2.45, 2.75) is 32.4 Å². The van der Waals surface area contributed by atoms with Gasteiger partial charge in [0, 0.05) is 0 Å². The Morgan fingerprint density at radius 3 is 2.80 bits per heavy atom. The standard InChI is InChI=1S/C7H18N2O/c1-2-3-6-9-7(10)4-5-8/h7,9-10H,2-6,8H2,1H3. The fourth-order valence-electron chi connectivity index (χ4n) is 0.705. The minimum atomic E-state index is -0.406. The van der Waals surface area contributed by atoms with E-state index in [1.165, 1.54) is 0 Å². The average Bonchev–Trinajstić information content (AvgIpc) is 1.89. The molecule has 0 heterocycles. The van der Waals surface area contributed by atoms with E-state index in [2.05, 4.69) is 12.2 Å². The number of hydrogen-bond acceptors (Lipinski definition) is 3. The molecule has 4 N–H and O–H groups in total. The molecule has 0 fully saturated rings. The zero-order chi connectivity index (χ0) is 7.82. The summed E-state index contributed by atoms with van der Waals surface area (Å²) < 4.78 is 0. The predicted octanol–water partition coefficient (Wildman–Crippen LogP) is 0.0433. The van der Waals surface area contributed by atoms with Gasteiger partial charge >= 0.3 is 0 Å². The zero-order valence-corrected chi connectivity index (χ0v) is 6.64. The summed E-state index contributed by atoms with van der Waals surface area (Å²) in [5, 5.41) is 12.0. The minimum Gasteiger partial charge on any atom is -0.379 e. The van der Waals surface area contributed by atoms with Crippen molar-refractivity contribution in [3.8, 4) is 0 Å². The fourth-order valence-corrected chi connectivity index (χ4v) is 0.705. The molecular weight excluding hydrogens is 128 g/mol. The number of hydrogen-bond donors (Lipinski definition) is 3. The van der Waals surface area contributed by atoms with Gasteiger partial charge < -0.3 is 10.8 Å². The minimum absolute atomic E-state index is 0.406. The molecular formula is C7H18N2O. The Bertz CT molecular complexity index is 68.6. The van der Waals surface area contributed by atoms with Crippen molar-refractivity contribution in [3.63, 3.8) is 0 Å². The topological polar surface area (TPSA) is 58.3 Å². The third-order valence-corrected chi connectivity index (χ3v) is 1.35. The lowest BCUT2D eigenvalue weighted by atomic mass is 10.3. The van der Waals surface area contributed by atoms with Crippen LogP contribution in [0.1, 0.15) is 26.2 Å². The van der Waals surface area contributed by atoms with E-state index in [4.69, 9.17) is 10.8 Å². The van der Waals surface area contributed by atoms with Crippen LogP contribution in [0.15, 0.2) is 0 Å². The monoisotopic (exact) mass is 146 g/mol. The van der Waals surface area contributed by atoms with Crippen LogP contribution in [0.4, 0.5) is 0 Å². The Labute approximate surface area is 62.6 Å². The molecule has 1 unspecified atom stereocenters. The van der Waals surface area contributed by atoms with Gasteiger partial charge in [0.25, 0.3) is 0 Å². The lowest BCUT2D eigenvalue weighted by Crippen LogP contribution is -2.31. The number of nitrogens with one attached hydrogen (secondary N) is 1. The maximum Gasteiger partial charge on any atom is 0.106 e. The molecule has 0 radical (unpaired) electrons.